The van der Waals surface area contributed by atoms with Gasteiger partial charge < -0.3 is 24.5 Å². The first-order chi connectivity index (χ1) is 8.38. The number of ether oxygens (including phenoxy) is 2. The SMILES string of the molecule is CO/N=C/[C@H](F)[C@H](OC(=O)O)[C@H](Br)COC(=O)O. The van der Waals surface area contributed by atoms with Crippen molar-refractivity contribution in [1.82, 2.24) is 0 Å². The van der Waals surface area contributed by atoms with Crippen LogP contribution in [-0.4, -0.2) is 59.6 Å². The molecule has 0 aliphatic rings. The number of halogens is 2. The quantitative estimate of drug-likeness (QED) is 0.314. The molecule has 0 rings (SSSR count). The second-order valence-electron chi connectivity index (χ2n) is 2.82. The third-order valence-corrected chi connectivity index (χ3v) is 2.37. The Kier molecular flexibility index (Phi) is 7.76. The molecule has 0 aromatic carbocycles. The van der Waals surface area contributed by atoms with Gasteiger partial charge in [-0.1, -0.05) is 21.1 Å². The molecule has 0 heterocycles. The van der Waals surface area contributed by atoms with Crippen LogP contribution in [0.5, 0.6) is 0 Å². The van der Waals surface area contributed by atoms with Gasteiger partial charge in [-0.3, -0.25) is 0 Å². The molecule has 0 amide bonds. The number of nitrogens with zero attached hydrogens (tertiary/aromatic N) is 1. The highest BCUT2D eigenvalue weighted by atomic mass is 79.9. The van der Waals surface area contributed by atoms with Crippen molar-refractivity contribution >= 4 is 34.5 Å². The number of carboxylic acid groups (broad SMARTS) is 2. The van der Waals surface area contributed by atoms with Crippen molar-refractivity contribution in [3.8, 4) is 0 Å². The smallest absolute Gasteiger partial charge is 0.450 e. The lowest BCUT2D eigenvalue weighted by atomic mass is 10.2. The fraction of sp³-hybridized carbons (Fsp3) is 0.625. The van der Waals surface area contributed by atoms with E-state index in [2.05, 4.69) is 35.4 Å². The Hall–Kier alpha value is -1.58. The van der Waals surface area contributed by atoms with Gasteiger partial charge in [-0.15, -0.1) is 0 Å². The van der Waals surface area contributed by atoms with Crippen LogP contribution < -0.4 is 0 Å². The van der Waals surface area contributed by atoms with Gasteiger partial charge in [0.1, 0.15) is 13.7 Å². The molecule has 0 aliphatic heterocycles. The first kappa shape index (κ1) is 16.4. The average molecular weight is 332 g/mol. The Morgan fingerprint density at radius 1 is 1.44 bits per heavy atom. The lowest BCUT2D eigenvalue weighted by Crippen LogP contribution is -2.39. The highest BCUT2D eigenvalue weighted by molar-refractivity contribution is 9.09. The molecule has 3 atom stereocenters. The summed E-state index contributed by atoms with van der Waals surface area (Å²) in [4.78, 5) is 23.8. The Morgan fingerprint density at radius 2 is 2.06 bits per heavy atom. The van der Waals surface area contributed by atoms with Crippen molar-refractivity contribution in [2.24, 2.45) is 5.16 Å². The summed E-state index contributed by atoms with van der Waals surface area (Å²) in [6, 6.07) is 0. The second-order valence-corrected chi connectivity index (χ2v) is 4.00. The fourth-order valence-electron chi connectivity index (χ4n) is 0.904. The van der Waals surface area contributed by atoms with E-state index in [9.17, 15) is 14.0 Å². The van der Waals surface area contributed by atoms with Gasteiger partial charge >= 0.3 is 12.3 Å². The van der Waals surface area contributed by atoms with Crippen molar-refractivity contribution in [1.29, 1.82) is 0 Å². The van der Waals surface area contributed by atoms with Crippen molar-refractivity contribution in [2.45, 2.75) is 17.1 Å². The van der Waals surface area contributed by atoms with Crippen LogP contribution in [0.25, 0.3) is 0 Å². The zero-order chi connectivity index (χ0) is 14.1. The Balaban J connectivity index is 4.59. The molecule has 0 saturated heterocycles. The normalized spacial score (nSPS) is 15.7. The number of rotatable bonds is 7. The lowest BCUT2D eigenvalue weighted by molar-refractivity contribution is 0.0165. The average Bonchev–Trinajstić information content (AvgIpc) is 2.29. The van der Waals surface area contributed by atoms with E-state index in [1.807, 2.05) is 0 Å². The molecule has 0 aromatic rings. The fourth-order valence-corrected chi connectivity index (χ4v) is 1.44. The first-order valence-corrected chi connectivity index (χ1v) is 5.40. The van der Waals surface area contributed by atoms with Gasteiger partial charge in [0.25, 0.3) is 0 Å². The van der Waals surface area contributed by atoms with E-state index < -0.39 is 36.0 Å². The number of alkyl halides is 2. The number of carbonyl (C=O) groups is 2. The van der Waals surface area contributed by atoms with E-state index in [0.717, 1.165) is 0 Å². The van der Waals surface area contributed by atoms with E-state index in [0.29, 0.717) is 6.21 Å². The summed E-state index contributed by atoms with van der Waals surface area (Å²) >= 11 is 2.87. The van der Waals surface area contributed by atoms with Crippen LogP contribution in [0.2, 0.25) is 0 Å². The summed E-state index contributed by atoms with van der Waals surface area (Å²) in [6.45, 7) is -0.492. The Bertz CT molecular complexity index is 314. The summed E-state index contributed by atoms with van der Waals surface area (Å²) in [7, 11) is 1.18. The van der Waals surface area contributed by atoms with Gasteiger partial charge in [0, 0.05) is 0 Å². The van der Waals surface area contributed by atoms with Gasteiger partial charge in [0.2, 0.25) is 0 Å². The van der Waals surface area contributed by atoms with Gasteiger partial charge in [-0.25, -0.2) is 14.0 Å². The number of oxime groups is 1. The first-order valence-electron chi connectivity index (χ1n) is 4.48. The minimum atomic E-state index is -1.93. The van der Waals surface area contributed by atoms with Gasteiger partial charge in [0.15, 0.2) is 12.3 Å². The van der Waals surface area contributed by atoms with Crippen LogP contribution in [0.1, 0.15) is 0 Å². The van der Waals surface area contributed by atoms with Gasteiger partial charge in [-0.05, 0) is 0 Å². The third kappa shape index (κ3) is 6.89. The molecule has 18 heavy (non-hydrogen) atoms. The van der Waals surface area contributed by atoms with Crippen LogP contribution in [0.3, 0.4) is 0 Å². The molecule has 104 valence electrons. The second kappa shape index (κ2) is 8.50. The van der Waals surface area contributed by atoms with Crippen LogP contribution in [0, 0.1) is 0 Å². The number of hydrogen-bond acceptors (Lipinski definition) is 6. The number of hydrogen-bond donors (Lipinski definition) is 2. The van der Waals surface area contributed by atoms with Crippen LogP contribution in [0.4, 0.5) is 14.0 Å². The summed E-state index contributed by atoms with van der Waals surface area (Å²) in [5, 5.41) is 19.8. The van der Waals surface area contributed by atoms with E-state index in [1.54, 1.807) is 0 Å². The Labute approximate surface area is 109 Å². The molecule has 8 nitrogen and oxygen atoms in total. The van der Waals surface area contributed by atoms with Gasteiger partial charge in [-0.2, -0.15) is 0 Å². The van der Waals surface area contributed by atoms with Crippen molar-refractivity contribution in [2.75, 3.05) is 13.7 Å². The maximum Gasteiger partial charge on any atom is 0.506 e. The van der Waals surface area contributed by atoms with Crippen LogP contribution in [-0.2, 0) is 14.3 Å². The zero-order valence-corrected chi connectivity index (χ0v) is 10.7. The highest BCUT2D eigenvalue weighted by Crippen LogP contribution is 2.16. The minimum absolute atomic E-state index is 0.492. The largest absolute Gasteiger partial charge is 0.506 e. The zero-order valence-electron chi connectivity index (χ0n) is 9.16. The third-order valence-electron chi connectivity index (χ3n) is 1.58. The molecule has 0 radical (unpaired) electrons. The van der Waals surface area contributed by atoms with Crippen molar-refractivity contribution in [3.05, 3.63) is 0 Å². The highest BCUT2D eigenvalue weighted by Gasteiger charge is 2.32. The Morgan fingerprint density at radius 3 is 2.50 bits per heavy atom. The molecule has 0 spiro atoms. The van der Waals surface area contributed by atoms with Crippen LogP contribution in [0.15, 0.2) is 5.16 Å². The molecular weight excluding hydrogens is 321 g/mol. The molecule has 0 aliphatic carbocycles. The minimum Gasteiger partial charge on any atom is -0.450 e. The van der Waals surface area contributed by atoms with Crippen LogP contribution >= 0.6 is 15.9 Å². The molecule has 0 saturated carbocycles. The molecule has 2 N–H and O–H groups in total. The summed E-state index contributed by atoms with van der Waals surface area (Å²) in [6.07, 6.45) is -6.06. The molecule has 0 bridgehead atoms. The summed E-state index contributed by atoms with van der Waals surface area (Å²) < 4.78 is 22.0. The monoisotopic (exact) mass is 331 g/mol. The van der Waals surface area contributed by atoms with E-state index in [-0.39, 0.29) is 0 Å². The predicted octanol–water partition coefficient (Wildman–Crippen LogP) is 1.48. The van der Waals surface area contributed by atoms with E-state index >= 15 is 0 Å². The molecular formula is C8H11BrFNO7. The van der Waals surface area contributed by atoms with Gasteiger partial charge in [0.05, 0.1) is 11.0 Å². The van der Waals surface area contributed by atoms with E-state index in [4.69, 9.17) is 10.2 Å². The van der Waals surface area contributed by atoms with E-state index in [1.165, 1.54) is 7.11 Å². The molecule has 10 heteroatoms. The summed E-state index contributed by atoms with van der Waals surface area (Å²) in [5.74, 6) is 0. The summed E-state index contributed by atoms with van der Waals surface area (Å²) in [5.41, 5.74) is 0. The topological polar surface area (TPSA) is 115 Å². The molecule has 0 aromatic heterocycles. The maximum absolute atomic E-state index is 13.5. The lowest BCUT2D eigenvalue weighted by Gasteiger charge is -2.21. The molecule has 0 fully saturated rings. The maximum atomic E-state index is 13.5. The molecule has 0 unspecified atom stereocenters. The predicted molar refractivity (Wildman–Crippen MR) is 60.0 cm³/mol. The van der Waals surface area contributed by atoms with Crippen molar-refractivity contribution < 1.29 is 38.5 Å². The standard InChI is InChI=1S/C8H11BrFNO7/c1-16-11-2-5(10)6(18-8(14)15)4(9)3-17-7(12)13/h2,4-6H,3H2,1H3,(H,12,13)(H,14,15)/b11-2+/t4-,5+,6-/m1/s1. The van der Waals surface area contributed by atoms with Crippen molar-refractivity contribution in [3.63, 3.8) is 0 Å².